The highest BCUT2D eigenvalue weighted by molar-refractivity contribution is 7.26. The molecule has 0 fully saturated rings. The van der Waals surface area contributed by atoms with Gasteiger partial charge in [0.05, 0.1) is 10.4 Å². The molecule has 0 N–H and O–H groups in total. The quantitative estimate of drug-likeness (QED) is 0.298. The van der Waals surface area contributed by atoms with E-state index in [0.717, 1.165) is 5.69 Å². The molecule has 2 heteroatoms. The van der Waals surface area contributed by atoms with Crippen molar-refractivity contribution in [2.45, 2.75) is 39.5 Å². The number of thiophene rings is 1. The van der Waals surface area contributed by atoms with E-state index in [1.165, 1.54) is 47.6 Å². The lowest BCUT2D eigenvalue weighted by molar-refractivity contribution is 0.876. The van der Waals surface area contributed by atoms with Gasteiger partial charge in [0.1, 0.15) is 0 Å². The fourth-order valence-electron chi connectivity index (χ4n) is 4.36. The topological polar surface area (TPSA) is 12.9 Å². The molecule has 5 aromatic rings. The van der Waals surface area contributed by atoms with E-state index in [4.69, 9.17) is 4.98 Å². The summed E-state index contributed by atoms with van der Waals surface area (Å²) in [5.41, 5.74) is 5.14. The van der Waals surface area contributed by atoms with E-state index in [2.05, 4.69) is 88.4 Å². The molecule has 0 radical (unpaired) electrons. The number of hydrogen-bond acceptors (Lipinski definition) is 2. The molecule has 0 spiro atoms. The second-order valence-corrected chi connectivity index (χ2v) is 9.48. The van der Waals surface area contributed by atoms with Gasteiger partial charge in [-0.3, -0.25) is 4.98 Å². The smallest absolute Gasteiger partial charge is 0.0880 e. The van der Waals surface area contributed by atoms with Crippen LogP contribution in [0.15, 0.2) is 66.9 Å². The fraction of sp³-hybridized carbons (Fsp3) is 0.222. The van der Waals surface area contributed by atoms with Crippen LogP contribution in [0.4, 0.5) is 0 Å². The minimum atomic E-state index is 0.467. The summed E-state index contributed by atoms with van der Waals surface area (Å²) in [7, 11) is 0. The van der Waals surface area contributed by atoms with Gasteiger partial charge >= 0.3 is 0 Å². The van der Waals surface area contributed by atoms with E-state index in [1.807, 2.05) is 17.5 Å². The highest BCUT2D eigenvalue weighted by atomic mass is 32.1. The molecule has 2 aromatic heterocycles. The Morgan fingerprint density at radius 2 is 1.41 bits per heavy atom. The SMILES string of the molecule is CC(C)c1cc(-c2nccc3c2sc2c(C(C)C)cccc23)cc2ccccc12. The van der Waals surface area contributed by atoms with Crippen molar-refractivity contribution in [3.63, 3.8) is 0 Å². The molecule has 0 saturated heterocycles. The molecular formula is C27H25NS. The zero-order chi connectivity index (χ0) is 20.1. The Hall–Kier alpha value is -2.71. The summed E-state index contributed by atoms with van der Waals surface area (Å²) >= 11 is 1.90. The van der Waals surface area contributed by atoms with E-state index in [9.17, 15) is 0 Å². The summed E-state index contributed by atoms with van der Waals surface area (Å²) in [6, 6.07) is 22.2. The minimum absolute atomic E-state index is 0.467. The van der Waals surface area contributed by atoms with Gasteiger partial charge in [0.15, 0.2) is 0 Å². The first-order chi connectivity index (χ1) is 14.0. The van der Waals surface area contributed by atoms with Crippen LogP contribution in [-0.4, -0.2) is 4.98 Å². The number of pyridine rings is 1. The van der Waals surface area contributed by atoms with Crippen molar-refractivity contribution >= 4 is 42.3 Å². The molecule has 0 aliphatic heterocycles. The zero-order valence-corrected chi connectivity index (χ0v) is 18.2. The molecule has 0 saturated carbocycles. The normalized spacial score (nSPS) is 12.1. The number of fused-ring (bicyclic) bond motifs is 4. The van der Waals surface area contributed by atoms with Gasteiger partial charge in [-0.25, -0.2) is 0 Å². The largest absolute Gasteiger partial charge is 0.255 e. The van der Waals surface area contributed by atoms with Gasteiger partial charge in [0.2, 0.25) is 0 Å². The second-order valence-electron chi connectivity index (χ2n) is 8.46. The number of benzene rings is 3. The third-order valence-corrected chi connectivity index (χ3v) is 7.13. The highest BCUT2D eigenvalue weighted by Crippen LogP contribution is 2.42. The lowest BCUT2D eigenvalue weighted by atomic mass is 9.92. The molecule has 0 bridgehead atoms. The average molecular weight is 396 g/mol. The van der Waals surface area contributed by atoms with Gasteiger partial charge in [-0.15, -0.1) is 11.3 Å². The number of hydrogen-bond donors (Lipinski definition) is 0. The molecular weight excluding hydrogens is 370 g/mol. The van der Waals surface area contributed by atoms with Gasteiger partial charge in [-0.1, -0.05) is 70.2 Å². The van der Waals surface area contributed by atoms with Crippen molar-refractivity contribution in [1.29, 1.82) is 0 Å². The molecule has 2 heterocycles. The van der Waals surface area contributed by atoms with Crippen LogP contribution in [0.1, 0.15) is 50.7 Å². The lowest BCUT2D eigenvalue weighted by Crippen LogP contribution is -1.92. The van der Waals surface area contributed by atoms with Gasteiger partial charge in [-0.2, -0.15) is 0 Å². The third kappa shape index (κ3) is 2.94. The second kappa shape index (κ2) is 6.96. The summed E-state index contributed by atoms with van der Waals surface area (Å²) in [5, 5.41) is 5.30. The molecule has 1 nitrogen and oxygen atoms in total. The monoisotopic (exact) mass is 395 g/mol. The number of nitrogens with zero attached hydrogens (tertiary/aromatic N) is 1. The van der Waals surface area contributed by atoms with E-state index in [0.29, 0.717) is 11.8 Å². The van der Waals surface area contributed by atoms with Crippen molar-refractivity contribution in [3.8, 4) is 11.3 Å². The molecule has 0 amide bonds. The molecule has 5 rings (SSSR count). The summed E-state index contributed by atoms with van der Waals surface area (Å²) in [4.78, 5) is 4.86. The van der Waals surface area contributed by atoms with Crippen LogP contribution in [0, 0.1) is 0 Å². The van der Waals surface area contributed by atoms with Crippen LogP contribution in [0.5, 0.6) is 0 Å². The first kappa shape index (κ1) is 18.3. The Labute approximate surface area is 176 Å². The van der Waals surface area contributed by atoms with Crippen LogP contribution < -0.4 is 0 Å². The predicted molar refractivity (Wildman–Crippen MR) is 128 cm³/mol. The molecule has 0 unspecified atom stereocenters. The van der Waals surface area contributed by atoms with Gasteiger partial charge in [0.25, 0.3) is 0 Å². The zero-order valence-electron chi connectivity index (χ0n) is 17.4. The first-order valence-electron chi connectivity index (χ1n) is 10.4. The summed E-state index contributed by atoms with van der Waals surface area (Å²) in [6.45, 7) is 9.09. The molecule has 3 aromatic carbocycles. The number of rotatable bonds is 3. The van der Waals surface area contributed by atoms with Crippen molar-refractivity contribution in [2.75, 3.05) is 0 Å². The van der Waals surface area contributed by atoms with Gasteiger partial charge in [-0.05, 0) is 51.9 Å². The first-order valence-corrected chi connectivity index (χ1v) is 11.2. The lowest BCUT2D eigenvalue weighted by Gasteiger charge is -2.13. The van der Waals surface area contributed by atoms with Crippen molar-refractivity contribution < 1.29 is 0 Å². The van der Waals surface area contributed by atoms with Crippen molar-refractivity contribution in [2.24, 2.45) is 0 Å². The summed E-state index contributed by atoms with van der Waals surface area (Å²) < 4.78 is 2.69. The van der Waals surface area contributed by atoms with Crippen LogP contribution >= 0.6 is 11.3 Å². The van der Waals surface area contributed by atoms with E-state index in [-0.39, 0.29) is 0 Å². The van der Waals surface area contributed by atoms with Crippen molar-refractivity contribution in [3.05, 3.63) is 78.0 Å². The fourth-order valence-corrected chi connectivity index (χ4v) is 5.83. The molecule has 144 valence electrons. The predicted octanol–water partition coefficient (Wildman–Crippen LogP) is 8.52. The molecule has 29 heavy (non-hydrogen) atoms. The average Bonchev–Trinajstić information content (AvgIpc) is 3.11. The summed E-state index contributed by atoms with van der Waals surface area (Å²) in [5.74, 6) is 0.977. The Bertz CT molecular complexity index is 1360. The van der Waals surface area contributed by atoms with Crippen LogP contribution in [0.3, 0.4) is 0 Å². The highest BCUT2D eigenvalue weighted by Gasteiger charge is 2.16. The van der Waals surface area contributed by atoms with Crippen LogP contribution in [-0.2, 0) is 0 Å². The van der Waals surface area contributed by atoms with Crippen molar-refractivity contribution in [1.82, 2.24) is 4.98 Å². The number of aromatic nitrogens is 1. The minimum Gasteiger partial charge on any atom is -0.255 e. The Morgan fingerprint density at radius 1 is 0.690 bits per heavy atom. The van der Waals surface area contributed by atoms with Crippen LogP contribution in [0.2, 0.25) is 0 Å². The van der Waals surface area contributed by atoms with E-state index < -0.39 is 0 Å². The Morgan fingerprint density at radius 3 is 2.21 bits per heavy atom. The molecule has 0 aliphatic carbocycles. The third-order valence-electron chi connectivity index (χ3n) is 5.86. The standard InChI is InChI=1S/C27H25NS/c1-16(2)20-10-7-11-22-23-12-13-28-25(27(23)29-26(20)22)19-14-18-8-5-6-9-21(18)24(15-19)17(3)4/h5-17H,1-4H3. The summed E-state index contributed by atoms with van der Waals surface area (Å²) in [6.07, 6.45) is 1.97. The van der Waals surface area contributed by atoms with Gasteiger partial charge in [0, 0.05) is 27.2 Å². The Balaban J connectivity index is 1.84. The molecule has 0 aliphatic rings. The molecule has 0 atom stereocenters. The maximum absolute atomic E-state index is 4.86. The Kier molecular flexibility index (Phi) is 4.40. The van der Waals surface area contributed by atoms with E-state index in [1.54, 1.807) is 0 Å². The van der Waals surface area contributed by atoms with Gasteiger partial charge < -0.3 is 0 Å². The van der Waals surface area contributed by atoms with Crippen LogP contribution in [0.25, 0.3) is 42.2 Å². The maximum Gasteiger partial charge on any atom is 0.0880 e. The maximum atomic E-state index is 4.86. The van der Waals surface area contributed by atoms with E-state index >= 15 is 0 Å².